The predicted molar refractivity (Wildman–Crippen MR) is 120 cm³/mol. The van der Waals surface area contributed by atoms with Gasteiger partial charge in [-0.25, -0.2) is 8.42 Å². The first-order valence-electron chi connectivity index (χ1n) is 11.3. The number of nitrogens with zero attached hydrogens (tertiary/aromatic N) is 3. The van der Waals surface area contributed by atoms with Crippen LogP contribution >= 0.6 is 0 Å². The fraction of sp³-hybridized carbons (Fsp3) is 0.714. The van der Waals surface area contributed by atoms with E-state index in [0.29, 0.717) is 78.2 Å². The molecule has 0 amide bonds. The van der Waals surface area contributed by atoms with Gasteiger partial charge in [0.1, 0.15) is 0 Å². The Balaban J connectivity index is 0. The van der Waals surface area contributed by atoms with Crippen LogP contribution in [0.1, 0.15) is 16.2 Å². The number of ether oxygens (including phenoxy) is 4. The monoisotopic (exact) mass is 605 g/mol. The van der Waals surface area contributed by atoms with E-state index in [2.05, 4.69) is 14.8 Å². The minimum Gasteiger partial charge on any atom is -0.741 e. The Labute approximate surface area is 270 Å². The van der Waals surface area contributed by atoms with Crippen molar-refractivity contribution in [2.45, 2.75) is 12.1 Å². The summed E-state index contributed by atoms with van der Waals surface area (Å²) >= 11 is 0. The average molecular weight is 606 g/mol. The van der Waals surface area contributed by atoms with E-state index in [4.69, 9.17) is 31.9 Å². The van der Waals surface area contributed by atoms with Crippen molar-refractivity contribution in [1.29, 1.82) is 0 Å². The van der Waals surface area contributed by atoms with Crippen LogP contribution in [0.15, 0.2) is 18.2 Å². The van der Waals surface area contributed by atoms with Crippen molar-refractivity contribution in [3.63, 3.8) is 0 Å². The molecule has 0 N–H and O–H groups in total. The fourth-order valence-electron chi connectivity index (χ4n) is 2.76. The van der Waals surface area contributed by atoms with Gasteiger partial charge >= 0.3 is 64.6 Å². The third-order valence-corrected chi connectivity index (χ3v) is 5.33. The smallest absolute Gasteiger partial charge is 0.741 e. The van der Waals surface area contributed by atoms with Gasteiger partial charge in [-0.05, 0) is 19.2 Å². The molecule has 2 rings (SSSR count). The third-order valence-electron chi connectivity index (χ3n) is 4.77. The first kappa shape index (κ1) is 41.2. The Morgan fingerprint density at radius 1 is 0.897 bits per heavy atom. The largest absolute Gasteiger partial charge is 1.00 e. The molecule has 1 aromatic rings. The Morgan fingerprint density at radius 2 is 1.31 bits per heavy atom. The van der Waals surface area contributed by atoms with Gasteiger partial charge in [0.05, 0.1) is 70.2 Å². The molecule has 2 heterocycles. The van der Waals surface area contributed by atoms with Crippen LogP contribution in [0.25, 0.3) is 0 Å². The number of aromatic carboxylic acids is 1. The molecule has 0 radical (unpaired) electrons. The minimum absolute atomic E-state index is 0. The molecule has 1 aromatic heterocycles. The number of aromatic nitrogens is 1. The number of alkyl halides is 3. The number of carboxylic acid groups (broad SMARTS) is 1. The topological polar surface area (TPSA) is 154 Å². The molecule has 1 saturated heterocycles. The van der Waals surface area contributed by atoms with Gasteiger partial charge < -0.3 is 38.3 Å². The van der Waals surface area contributed by atoms with Crippen molar-refractivity contribution in [2.75, 3.05) is 86.1 Å². The summed E-state index contributed by atoms with van der Waals surface area (Å²) in [5.74, 6) is -1.27. The van der Waals surface area contributed by atoms with Crippen LogP contribution in [-0.2, 0) is 35.6 Å². The number of carboxylic acids is 1. The molecule has 0 saturated carbocycles. The van der Waals surface area contributed by atoms with Crippen LogP contribution in [0.5, 0.6) is 0 Å². The van der Waals surface area contributed by atoms with Crippen LogP contribution in [0, 0.1) is 0 Å². The molecule has 18 heteroatoms. The summed E-state index contributed by atoms with van der Waals surface area (Å²) in [5, 5.41) is 11.0. The normalized spacial score (nSPS) is 18.2. The van der Waals surface area contributed by atoms with Crippen LogP contribution in [0.3, 0.4) is 0 Å². The van der Waals surface area contributed by atoms with Gasteiger partial charge in [0.2, 0.25) is 0 Å². The van der Waals surface area contributed by atoms with Gasteiger partial charge in [0.15, 0.2) is 10.1 Å². The SMILES string of the molecule is CN1CCOCCOCCN(Cc2cccc(C(=O)[O-])n2)CCOCCOCC1.O=S(=O)([O-])C(F)(F)F.[Na+].[Na+]. The zero-order valence-corrected chi connectivity index (χ0v) is 27.3. The zero-order chi connectivity index (χ0) is 27.7. The zero-order valence-electron chi connectivity index (χ0n) is 22.5. The van der Waals surface area contributed by atoms with Gasteiger partial charge in [0.25, 0.3) is 0 Å². The molecule has 0 bridgehead atoms. The number of rotatable bonds is 3. The first-order chi connectivity index (χ1) is 17.4. The van der Waals surface area contributed by atoms with E-state index in [0.717, 1.165) is 13.1 Å². The number of hydrogen-bond acceptors (Lipinski definition) is 12. The Bertz CT molecular complexity index is 883. The second-order valence-electron chi connectivity index (χ2n) is 7.73. The molecular formula is C21H32F3N3Na2O9S. The van der Waals surface area contributed by atoms with Crippen LogP contribution in [0.2, 0.25) is 0 Å². The van der Waals surface area contributed by atoms with Crippen LogP contribution in [-0.4, -0.2) is 125 Å². The van der Waals surface area contributed by atoms with E-state index in [1.165, 1.54) is 6.07 Å². The standard InChI is InChI=1S/C20H33N3O6.CHF3O3S.2Na/c1-22-5-9-26-13-15-28-11-7-23(8-12-29-16-14-27-10-6-22)17-18-3-2-4-19(21-18)20(24)25;2-1(3,4)8(5,6)7;;/h2-4H,5-17H2,1H3,(H,24,25);(H,5,6,7);;/q;;2*+1/p-2. The summed E-state index contributed by atoms with van der Waals surface area (Å²) in [7, 11) is -4.04. The van der Waals surface area contributed by atoms with Crippen molar-refractivity contribution < 1.29 is 114 Å². The maximum atomic E-state index is 11.0. The maximum absolute atomic E-state index is 11.0. The maximum Gasteiger partial charge on any atom is 1.00 e. The fourth-order valence-corrected chi connectivity index (χ4v) is 2.76. The van der Waals surface area contributed by atoms with Gasteiger partial charge in [-0.1, -0.05) is 6.07 Å². The van der Waals surface area contributed by atoms with Gasteiger partial charge in [0, 0.05) is 32.7 Å². The summed E-state index contributed by atoms with van der Waals surface area (Å²) in [6.07, 6.45) is 0. The van der Waals surface area contributed by atoms with Gasteiger partial charge in [-0.15, -0.1) is 0 Å². The van der Waals surface area contributed by atoms with E-state index in [1.54, 1.807) is 12.1 Å². The summed E-state index contributed by atoms with van der Waals surface area (Å²) in [6.45, 7) is 8.19. The molecule has 1 aliphatic rings. The van der Waals surface area contributed by atoms with Crippen molar-refractivity contribution in [2.24, 2.45) is 0 Å². The molecule has 0 aliphatic carbocycles. The van der Waals surface area contributed by atoms with Crippen molar-refractivity contribution >= 4 is 16.1 Å². The van der Waals surface area contributed by atoms with E-state index >= 15 is 0 Å². The molecular weight excluding hydrogens is 573 g/mol. The van der Waals surface area contributed by atoms with Crippen LogP contribution < -0.4 is 64.2 Å². The molecule has 0 unspecified atom stereocenters. The summed E-state index contributed by atoms with van der Waals surface area (Å²) < 4.78 is 81.4. The second kappa shape index (κ2) is 22.6. The molecule has 214 valence electrons. The van der Waals surface area contributed by atoms with Gasteiger partial charge in [-0.2, -0.15) is 13.2 Å². The van der Waals surface area contributed by atoms with Crippen molar-refractivity contribution in [3.8, 4) is 0 Å². The molecule has 12 nitrogen and oxygen atoms in total. The van der Waals surface area contributed by atoms with E-state index in [-0.39, 0.29) is 64.8 Å². The number of likely N-dealkylation sites (N-methyl/N-ethyl adjacent to an activating group) is 1. The molecule has 0 atom stereocenters. The summed E-state index contributed by atoms with van der Waals surface area (Å²) in [4.78, 5) is 19.5. The molecule has 39 heavy (non-hydrogen) atoms. The quantitative estimate of drug-likeness (QED) is 0.183. The Hall–Kier alpha value is 0.0800. The third kappa shape index (κ3) is 20.6. The first-order valence-corrected chi connectivity index (χ1v) is 12.7. The second-order valence-corrected chi connectivity index (χ2v) is 9.10. The Kier molecular flexibility index (Phi) is 23.9. The van der Waals surface area contributed by atoms with Crippen LogP contribution in [0.4, 0.5) is 13.2 Å². The number of halogens is 3. The molecule has 0 aromatic carbocycles. The predicted octanol–water partition coefficient (Wildman–Crippen LogP) is -6.68. The van der Waals surface area contributed by atoms with Gasteiger partial charge in [-0.3, -0.25) is 9.88 Å². The van der Waals surface area contributed by atoms with E-state index in [9.17, 15) is 23.1 Å². The Morgan fingerprint density at radius 3 is 1.69 bits per heavy atom. The van der Waals surface area contributed by atoms with E-state index < -0.39 is 21.6 Å². The molecule has 1 aliphatic heterocycles. The van der Waals surface area contributed by atoms with E-state index in [1.807, 2.05) is 7.05 Å². The molecule has 0 spiro atoms. The number of carbonyl (C=O) groups is 1. The summed E-state index contributed by atoms with van der Waals surface area (Å²) in [5.41, 5.74) is -5.03. The number of hydrogen-bond donors (Lipinski definition) is 0. The van der Waals surface area contributed by atoms with Crippen molar-refractivity contribution in [1.82, 2.24) is 14.8 Å². The molecule has 1 fully saturated rings. The number of pyridine rings is 1. The summed E-state index contributed by atoms with van der Waals surface area (Å²) in [6, 6.07) is 4.91. The van der Waals surface area contributed by atoms with Crippen molar-refractivity contribution in [3.05, 3.63) is 29.6 Å². The number of carbonyl (C=O) groups excluding carboxylic acids is 1. The minimum atomic E-state index is -6.09. The average Bonchev–Trinajstić information content (AvgIpc) is 2.81.